The van der Waals surface area contributed by atoms with Crippen LogP contribution >= 0.6 is 58.8 Å². The second kappa shape index (κ2) is 20.8. The van der Waals surface area contributed by atoms with Gasteiger partial charge in [0.1, 0.15) is 11.7 Å². The van der Waals surface area contributed by atoms with Crippen molar-refractivity contribution in [2.45, 2.75) is 76.9 Å². The third-order valence-electron chi connectivity index (χ3n) is 13.8. The number of ketones is 2. The lowest BCUT2D eigenvalue weighted by Gasteiger charge is -2.59. The largest absolute Gasteiger partial charge is 0.393 e. The van der Waals surface area contributed by atoms with Crippen LogP contribution in [0.4, 0.5) is 0 Å². The van der Waals surface area contributed by atoms with Gasteiger partial charge in [0.25, 0.3) is 5.09 Å². The monoisotopic (exact) mass is 955 g/mol. The molecule has 338 valence electrons. The highest BCUT2D eigenvalue weighted by Crippen LogP contribution is 2.67. The second-order valence-electron chi connectivity index (χ2n) is 17.3. The number of halogens is 5. The molecule has 1 unspecified atom stereocenters. The van der Waals surface area contributed by atoms with E-state index in [0.717, 1.165) is 62.1 Å². The molecule has 0 amide bonds. The minimum Gasteiger partial charge on any atom is -0.393 e. The van der Waals surface area contributed by atoms with Crippen molar-refractivity contribution in [2.75, 3.05) is 39.8 Å². The first-order valence-electron chi connectivity index (χ1n) is 20.4. The fourth-order valence-corrected chi connectivity index (χ4v) is 11.5. The molecule has 0 radical (unpaired) electrons. The van der Waals surface area contributed by atoms with Crippen molar-refractivity contribution in [2.24, 2.45) is 28.6 Å². The van der Waals surface area contributed by atoms with E-state index in [4.69, 9.17) is 66.5 Å². The normalized spacial score (nSPS) is 29.6. The number of piperazine rings is 1. The van der Waals surface area contributed by atoms with Crippen LogP contribution in [0.3, 0.4) is 0 Å². The first-order chi connectivity index (χ1) is 28.8. The van der Waals surface area contributed by atoms with Crippen LogP contribution in [0.25, 0.3) is 0 Å². The Labute approximate surface area is 388 Å². The third kappa shape index (κ3) is 10.9. The van der Waals surface area contributed by atoms with Crippen molar-refractivity contribution < 1.29 is 34.8 Å². The van der Waals surface area contributed by atoms with Crippen LogP contribution in [0.1, 0.15) is 63.2 Å². The molecule has 4 aliphatic carbocycles. The molecule has 8 atom stereocenters. The molecule has 3 saturated carbocycles. The van der Waals surface area contributed by atoms with Crippen molar-refractivity contribution in [3.63, 3.8) is 0 Å². The van der Waals surface area contributed by atoms with Gasteiger partial charge in [0.15, 0.2) is 11.6 Å². The number of imidazole rings is 1. The van der Waals surface area contributed by atoms with Gasteiger partial charge in [0, 0.05) is 81.0 Å². The van der Waals surface area contributed by atoms with Crippen LogP contribution in [-0.2, 0) is 27.5 Å². The summed E-state index contributed by atoms with van der Waals surface area (Å²) in [6.07, 6.45) is 13.4. The zero-order chi connectivity index (χ0) is 44.3. The smallest absolute Gasteiger partial charge is 0.291 e. The van der Waals surface area contributed by atoms with Gasteiger partial charge in [-0.05, 0) is 93.0 Å². The number of nitrogens with zero attached hydrogens (tertiary/aromatic N) is 5. The van der Waals surface area contributed by atoms with E-state index in [9.17, 15) is 19.8 Å². The second-order valence-corrected chi connectivity index (χ2v) is 19.0. The Hall–Kier alpha value is -3.08. The lowest BCUT2D eigenvalue weighted by atomic mass is 9.46. The summed E-state index contributed by atoms with van der Waals surface area (Å²) in [5, 5.41) is 39.3. The Balaban J connectivity index is 0.000000218. The SMILES string of the molecule is CN1CCN(CC(=O)[C@@]2(O)CC[C@H]3[C@@H]4CCC5=CC(=O)C=C[C@@]5(C)[C@H]4[C@@H](O)C[C@@]32C)CC1.Cl.Clc1ccc(COC(Cn2ccnc2)c2ccc(Cl)cc2Cl)c(Cl)c1.O=[N+]([O-])O. The molecule has 2 heterocycles. The van der Waals surface area contributed by atoms with Crippen LogP contribution < -0.4 is 0 Å². The maximum absolute atomic E-state index is 13.5. The van der Waals surface area contributed by atoms with E-state index in [1.165, 1.54) is 0 Å². The molecular formula is C44H54Cl5N5O8. The van der Waals surface area contributed by atoms with Crippen LogP contribution in [0.15, 0.2) is 78.9 Å². The van der Waals surface area contributed by atoms with E-state index in [-0.39, 0.29) is 53.2 Å². The van der Waals surface area contributed by atoms with Gasteiger partial charge in [-0.25, -0.2) is 4.98 Å². The molecule has 62 heavy (non-hydrogen) atoms. The van der Waals surface area contributed by atoms with Gasteiger partial charge in [-0.1, -0.05) is 84.0 Å². The Morgan fingerprint density at radius 2 is 1.71 bits per heavy atom. The quantitative estimate of drug-likeness (QED) is 0.139. The first kappa shape index (κ1) is 49.9. The average molecular weight is 958 g/mol. The summed E-state index contributed by atoms with van der Waals surface area (Å²) in [5.41, 5.74) is 0.540. The number of benzene rings is 2. The van der Waals surface area contributed by atoms with Crippen LogP contribution in [0.2, 0.25) is 20.1 Å². The van der Waals surface area contributed by atoms with Crippen molar-refractivity contribution >= 4 is 70.4 Å². The number of aliphatic hydroxyl groups excluding tert-OH is 1. The number of rotatable bonds is 9. The van der Waals surface area contributed by atoms with Crippen molar-refractivity contribution in [1.29, 1.82) is 0 Å². The van der Waals surface area contributed by atoms with Crippen LogP contribution in [0, 0.1) is 38.7 Å². The van der Waals surface area contributed by atoms with E-state index in [0.29, 0.717) is 52.6 Å². The Bertz CT molecular complexity index is 2130. The third-order valence-corrected chi connectivity index (χ3v) is 14.9. The number of carbonyl (C=O) groups is 2. The molecule has 2 aromatic carbocycles. The number of allylic oxidation sites excluding steroid dienone is 4. The van der Waals surface area contributed by atoms with Gasteiger partial charge in [-0.3, -0.25) is 14.5 Å². The molecule has 1 aliphatic heterocycles. The van der Waals surface area contributed by atoms with E-state index in [2.05, 4.69) is 35.7 Å². The number of likely N-dealkylation sites (N-methyl/N-ethyl adjacent to an activating group) is 1. The zero-order valence-corrected chi connectivity index (χ0v) is 38.7. The topological polar surface area (TPSA) is 172 Å². The molecule has 1 saturated heterocycles. The lowest BCUT2D eigenvalue weighted by molar-refractivity contribution is -0.742. The number of hydrogen-bond donors (Lipinski definition) is 3. The number of fused-ring (bicyclic) bond motifs is 5. The van der Waals surface area contributed by atoms with E-state index in [1.807, 2.05) is 29.0 Å². The molecule has 0 bridgehead atoms. The Kier molecular flexibility index (Phi) is 16.8. The highest BCUT2D eigenvalue weighted by Gasteiger charge is 2.68. The molecule has 5 aliphatic rings. The summed E-state index contributed by atoms with van der Waals surface area (Å²) < 4.78 is 8.05. The number of Topliss-reactive ketones (excluding diaryl/α,β-unsaturated/α-hetero) is 1. The summed E-state index contributed by atoms with van der Waals surface area (Å²) in [5.74, 6) is 0.454. The molecular weight excluding hydrogens is 904 g/mol. The summed E-state index contributed by atoms with van der Waals surface area (Å²) in [7, 11) is 2.10. The minimum absolute atomic E-state index is 0. The fraction of sp³-hybridized carbons (Fsp3) is 0.523. The average Bonchev–Trinajstić information content (AvgIpc) is 3.80. The predicted octanol–water partition coefficient (Wildman–Crippen LogP) is 8.34. The minimum atomic E-state index is -1.50. The predicted molar refractivity (Wildman–Crippen MR) is 241 cm³/mol. The molecule has 4 fully saturated rings. The maximum Gasteiger partial charge on any atom is 0.291 e. The van der Waals surface area contributed by atoms with Gasteiger partial charge in [-0.2, -0.15) is 0 Å². The molecule has 8 rings (SSSR count). The van der Waals surface area contributed by atoms with Crippen molar-refractivity contribution in [1.82, 2.24) is 19.4 Å². The van der Waals surface area contributed by atoms with Gasteiger partial charge < -0.3 is 29.6 Å². The van der Waals surface area contributed by atoms with Gasteiger partial charge >= 0.3 is 0 Å². The zero-order valence-electron chi connectivity index (χ0n) is 34.8. The highest BCUT2D eigenvalue weighted by molar-refractivity contribution is 6.35. The van der Waals surface area contributed by atoms with Crippen LogP contribution in [-0.4, -0.2) is 103 Å². The molecule has 0 spiro atoms. The summed E-state index contributed by atoms with van der Waals surface area (Å²) in [4.78, 5) is 42.4. The molecule has 3 aromatic rings. The van der Waals surface area contributed by atoms with Gasteiger partial charge in [-0.15, -0.1) is 22.5 Å². The van der Waals surface area contributed by atoms with Crippen molar-refractivity contribution in [3.05, 3.63) is 120 Å². The number of ether oxygens (including phenoxy) is 1. The number of aromatic nitrogens is 2. The lowest BCUT2D eigenvalue weighted by Crippen LogP contribution is -2.62. The van der Waals surface area contributed by atoms with E-state index >= 15 is 0 Å². The summed E-state index contributed by atoms with van der Waals surface area (Å²) in [6.45, 7) is 8.99. The fourth-order valence-electron chi connectivity index (χ4n) is 10.5. The highest BCUT2D eigenvalue weighted by atomic mass is 35.5. The van der Waals surface area contributed by atoms with Gasteiger partial charge in [0.05, 0.1) is 32.1 Å². The van der Waals surface area contributed by atoms with Gasteiger partial charge in [0.2, 0.25) is 0 Å². The van der Waals surface area contributed by atoms with E-state index < -0.39 is 22.2 Å². The Morgan fingerprint density at radius 1 is 1.05 bits per heavy atom. The number of carbonyl (C=O) groups excluding carboxylic acids is 2. The summed E-state index contributed by atoms with van der Waals surface area (Å²) in [6, 6.07) is 10.7. The van der Waals surface area contributed by atoms with Crippen LogP contribution in [0.5, 0.6) is 0 Å². The molecule has 1 aromatic heterocycles. The first-order valence-corrected chi connectivity index (χ1v) is 21.9. The van der Waals surface area contributed by atoms with Crippen molar-refractivity contribution in [3.8, 4) is 0 Å². The van der Waals surface area contributed by atoms with E-state index in [1.54, 1.807) is 48.9 Å². The molecule has 13 nitrogen and oxygen atoms in total. The Morgan fingerprint density at radius 3 is 2.34 bits per heavy atom. The molecule has 18 heteroatoms. The summed E-state index contributed by atoms with van der Waals surface area (Å²) >= 11 is 24.5. The maximum atomic E-state index is 13.5. The molecule has 3 N–H and O–H groups in total. The number of hydrogen-bond acceptors (Lipinski definition) is 10. The number of aliphatic hydroxyl groups is 2. The standard InChI is InChI=1S/C26H38N2O4.C18H14Cl4N2O.ClH.HNO3/c1-24-8-6-18(29)14-17(24)4-5-19-20-7-9-26(32,25(20,2)15-21(30)23(19)24)22(31)16-28-12-10-27(3)11-13-28;19-13-2-1-12(16(21)7-13)10-25-18(9-24-6-5-23-11-24)15-4-3-14(20)8-17(15)22;;2-1(3)4/h6,8,14,19-21,23,30,32H,4-5,7,9-13,15-16H2,1-3H3;1-8,11,18H,9-10H2;1H;(H,2,3,4)/t19-,20-,21-,23+,24+,25-,26-;;;/m0.../s1.